The summed E-state index contributed by atoms with van der Waals surface area (Å²) in [5, 5.41) is 3.09. The largest absolute Gasteiger partial charge is 0.497 e. The Balaban J connectivity index is 2.31. The van der Waals surface area contributed by atoms with Crippen molar-refractivity contribution in [2.45, 2.75) is 5.92 Å². The number of fused-ring (bicyclic) bond motifs is 1. The van der Waals surface area contributed by atoms with E-state index in [9.17, 15) is 8.42 Å². The predicted molar refractivity (Wildman–Crippen MR) is 60.6 cm³/mol. The third-order valence-electron chi connectivity index (χ3n) is 2.65. The van der Waals surface area contributed by atoms with Crippen LogP contribution in [-0.2, 0) is 10.1 Å². The van der Waals surface area contributed by atoms with Crippen molar-refractivity contribution in [1.29, 1.82) is 0 Å². The van der Waals surface area contributed by atoms with Gasteiger partial charge in [0.15, 0.2) is 0 Å². The maximum Gasteiger partial charge on any atom is 0.265 e. The molecular formula is C10H13NO4S. The molecule has 1 aromatic carbocycles. The zero-order valence-electron chi connectivity index (χ0n) is 8.80. The molecule has 2 rings (SSSR count). The second kappa shape index (κ2) is 3.95. The molecule has 0 saturated heterocycles. The van der Waals surface area contributed by atoms with Crippen LogP contribution >= 0.6 is 0 Å². The molecule has 0 fully saturated rings. The molecule has 0 spiro atoms. The van der Waals surface area contributed by atoms with Gasteiger partial charge in [0.05, 0.1) is 12.9 Å². The third kappa shape index (κ3) is 2.28. The molecule has 0 bridgehead atoms. The molecule has 88 valence electrons. The van der Waals surface area contributed by atoms with Crippen LogP contribution in [0.2, 0.25) is 0 Å². The molecule has 0 aromatic heterocycles. The van der Waals surface area contributed by atoms with Gasteiger partial charge in [0, 0.05) is 18.2 Å². The molecule has 0 saturated carbocycles. The molecule has 1 aromatic rings. The average molecular weight is 243 g/mol. The van der Waals surface area contributed by atoms with Gasteiger partial charge in [-0.3, -0.25) is 4.55 Å². The SMILES string of the molecule is COc1ccc2c(c1)C(CS(=O)(=O)O)CN2. The Morgan fingerprint density at radius 3 is 2.94 bits per heavy atom. The number of benzene rings is 1. The van der Waals surface area contributed by atoms with Crippen molar-refractivity contribution < 1.29 is 17.7 Å². The molecule has 1 atom stereocenters. The zero-order valence-corrected chi connectivity index (χ0v) is 9.62. The molecule has 0 radical (unpaired) electrons. The van der Waals surface area contributed by atoms with Crippen molar-refractivity contribution in [3.8, 4) is 5.75 Å². The summed E-state index contributed by atoms with van der Waals surface area (Å²) in [6, 6.07) is 5.45. The minimum atomic E-state index is -3.95. The number of hydrogen-bond donors (Lipinski definition) is 2. The highest BCUT2D eigenvalue weighted by Crippen LogP contribution is 2.34. The first kappa shape index (κ1) is 11.2. The standard InChI is InChI=1S/C10H13NO4S/c1-15-8-2-3-10-9(4-8)7(5-11-10)6-16(12,13)14/h2-4,7,11H,5-6H2,1H3,(H,12,13,14). The fourth-order valence-corrected chi connectivity index (χ4v) is 2.72. The average Bonchev–Trinajstić information content (AvgIpc) is 2.58. The molecule has 16 heavy (non-hydrogen) atoms. The highest BCUT2D eigenvalue weighted by atomic mass is 32.2. The van der Waals surface area contributed by atoms with Crippen molar-refractivity contribution in [2.75, 3.05) is 24.7 Å². The van der Waals surface area contributed by atoms with Crippen molar-refractivity contribution in [3.63, 3.8) is 0 Å². The maximum atomic E-state index is 10.8. The highest BCUT2D eigenvalue weighted by Gasteiger charge is 2.26. The fourth-order valence-electron chi connectivity index (χ4n) is 1.91. The molecule has 1 aliphatic heterocycles. The lowest BCUT2D eigenvalue weighted by atomic mass is 10.0. The lowest BCUT2D eigenvalue weighted by Crippen LogP contribution is -2.15. The van der Waals surface area contributed by atoms with Crippen LogP contribution in [0.15, 0.2) is 18.2 Å². The Hall–Kier alpha value is -1.27. The van der Waals surface area contributed by atoms with E-state index < -0.39 is 10.1 Å². The smallest absolute Gasteiger partial charge is 0.265 e. The normalized spacial score (nSPS) is 19.0. The monoisotopic (exact) mass is 243 g/mol. The van der Waals surface area contributed by atoms with Gasteiger partial charge in [-0.05, 0) is 23.8 Å². The molecule has 5 nitrogen and oxygen atoms in total. The second-order valence-electron chi connectivity index (χ2n) is 3.78. The lowest BCUT2D eigenvalue weighted by Gasteiger charge is -2.08. The van der Waals surface area contributed by atoms with Crippen molar-refractivity contribution >= 4 is 15.8 Å². The molecule has 6 heteroatoms. The van der Waals surface area contributed by atoms with E-state index >= 15 is 0 Å². The molecule has 0 amide bonds. The summed E-state index contributed by atoms with van der Waals surface area (Å²) >= 11 is 0. The Labute approximate surface area is 94.2 Å². The summed E-state index contributed by atoms with van der Waals surface area (Å²) in [5.41, 5.74) is 1.77. The zero-order chi connectivity index (χ0) is 11.8. The summed E-state index contributed by atoms with van der Waals surface area (Å²) in [7, 11) is -2.39. The second-order valence-corrected chi connectivity index (χ2v) is 5.28. The Bertz CT molecular complexity index is 498. The first-order valence-electron chi connectivity index (χ1n) is 4.86. The van der Waals surface area contributed by atoms with Crippen LogP contribution in [0.1, 0.15) is 11.5 Å². The van der Waals surface area contributed by atoms with E-state index in [1.54, 1.807) is 13.2 Å². The van der Waals surface area contributed by atoms with Gasteiger partial charge < -0.3 is 10.1 Å². The number of nitrogens with one attached hydrogen (secondary N) is 1. The number of ether oxygens (including phenoxy) is 1. The summed E-state index contributed by atoms with van der Waals surface area (Å²) in [6.45, 7) is 0.516. The summed E-state index contributed by atoms with van der Waals surface area (Å²) in [6.07, 6.45) is 0. The van der Waals surface area contributed by atoms with E-state index in [0.29, 0.717) is 12.3 Å². The van der Waals surface area contributed by atoms with Gasteiger partial charge in [-0.2, -0.15) is 8.42 Å². The van der Waals surface area contributed by atoms with Crippen LogP contribution in [-0.4, -0.2) is 32.4 Å². The molecule has 1 heterocycles. The Kier molecular flexibility index (Phi) is 2.77. The maximum absolute atomic E-state index is 10.8. The fraction of sp³-hybridized carbons (Fsp3) is 0.400. The van der Waals surface area contributed by atoms with Crippen molar-refractivity contribution in [1.82, 2.24) is 0 Å². The van der Waals surface area contributed by atoms with Crippen LogP contribution in [0.25, 0.3) is 0 Å². The van der Waals surface area contributed by atoms with Gasteiger partial charge in [0.1, 0.15) is 5.75 Å². The minimum absolute atomic E-state index is 0.222. The Morgan fingerprint density at radius 1 is 1.56 bits per heavy atom. The van der Waals surface area contributed by atoms with Crippen molar-refractivity contribution in [2.24, 2.45) is 0 Å². The summed E-state index contributed by atoms with van der Waals surface area (Å²) in [5.74, 6) is 0.197. The highest BCUT2D eigenvalue weighted by molar-refractivity contribution is 7.85. The summed E-state index contributed by atoms with van der Waals surface area (Å²) in [4.78, 5) is 0. The number of rotatable bonds is 3. The Morgan fingerprint density at radius 2 is 2.31 bits per heavy atom. The van der Waals surface area contributed by atoms with Gasteiger partial charge in [0.2, 0.25) is 0 Å². The van der Waals surface area contributed by atoms with Gasteiger partial charge in [-0.25, -0.2) is 0 Å². The van der Waals surface area contributed by atoms with Gasteiger partial charge in [-0.1, -0.05) is 0 Å². The van der Waals surface area contributed by atoms with Crippen LogP contribution in [0, 0.1) is 0 Å². The quantitative estimate of drug-likeness (QED) is 0.777. The number of anilines is 1. The molecule has 0 aliphatic carbocycles. The molecule has 1 unspecified atom stereocenters. The van der Waals surface area contributed by atoms with Crippen LogP contribution in [0.4, 0.5) is 5.69 Å². The van der Waals surface area contributed by atoms with E-state index in [4.69, 9.17) is 9.29 Å². The van der Waals surface area contributed by atoms with E-state index in [2.05, 4.69) is 5.32 Å². The van der Waals surface area contributed by atoms with Crippen LogP contribution < -0.4 is 10.1 Å². The van der Waals surface area contributed by atoms with Gasteiger partial charge >= 0.3 is 0 Å². The molecule has 2 N–H and O–H groups in total. The van der Waals surface area contributed by atoms with E-state index in [1.807, 2.05) is 12.1 Å². The van der Waals surface area contributed by atoms with E-state index in [1.165, 1.54) is 0 Å². The van der Waals surface area contributed by atoms with E-state index in [-0.39, 0.29) is 11.7 Å². The first-order chi connectivity index (χ1) is 7.49. The van der Waals surface area contributed by atoms with Crippen LogP contribution in [0.3, 0.4) is 0 Å². The number of methoxy groups -OCH3 is 1. The summed E-state index contributed by atoms with van der Waals surface area (Å²) < 4.78 is 35.6. The van der Waals surface area contributed by atoms with Crippen LogP contribution in [0.5, 0.6) is 5.75 Å². The predicted octanol–water partition coefficient (Wildman–Crippen LogP) is 1.09. The van der Waals surface area contributed by atoms with Gasteiger partial charge in [-0.15, -0.1) is 0 Å². The lowest BCUT2D eigenvalue weighted by molar-refractivity contribution is 0.414. The minimum Gasteiger partial charge on any atom is -0.497 e. The van der Waals surface area contributed by atoms with Crippen molar-refractivity contribution in [3.05, 3.63) is 23.8 Å². The number of hydrogen-bond acceptors (Lipinski definition) is 4. The molecular weight excluding hydrogens is 230 g/mol. The first-order valence-corrected chi connectivity index (χ1v) is 6.47. The third-order valence-corrected chi connectivity index (χ3v) is 3.47. The van der Waals surface area contributed by atoms with E-state index in [0.717, 1.165) is 11.3 Å². The van der Waals surface area contributed by atoms with Gasteiger partial charge in [0.25, 0.3) is 10.1 Å². The molecule has 1 aliphatic rings. The topological polar surface area (TPSA) is 75.6 Å².